The molecule has 2 fully saturated rings. The molecule has 0 aromatic carbocycles. The number of sulfonamides is 1. The van der Waals surface area contributed by atoms with Crippen molar-refractivity contribution in [2.24, 2.45) is 0 Å². The molecule has 3 aliphatic heterocycles. The Morgan fingerprint density at radius 2 is 1.88 bits per heavy atom. The van der Waals surface area contributed by atoms with Crippen LogP contribution in [0.2, 0.25) is 0 Å². The number of hydrogen-bond donors (Lipinski definition) is 1. The molecule has 11 heteroatoms. The summed E-state index contributed by atoms with van der Waals surface area (Å²) in [6.07, 6.45) is 4.75. The molecular formula is C22H32FN3O6S. The highest BCUT2D eigenvalue weighted by atomic mass is 32.2. The average Bonchev–Trinajstić information content (AvgIpc) is 3.06. The van der Waals surface area contributed by atoms with Crippen LogP contribution >= 0.6 is 0 Å². The molecule has 3 atom stereocenters. The van der Waals surface area contributed by atoms with Gasteiger partial charge < -0.3 is 14.2 Å². The lowest BCUT2D eigenvalue weighted by Gasteiger charge is -2.33. The first-order chi connectivity index (χ1) is 15.7. The van der Waals surface area contributed by atoms with Crippen molar-refractivity contribution in [3.05, 3.63) is 23.6 Å². The maximum Gasteiger partial charge on any atom is 0.410 e. The normalized spacial score (nSPS) is 31.4. The van der Waals surface area contributed by atoms with Crippen LogP contribution in [-0.2, 0) is 19.5 Å². The summed E-state index contributed by atoms with van der Waals surface area (Å²) in [7, 11) is -3.45. The highest BCUT2D eigenvalue weighted by Crippen LogP contribution is 2.35. The van der Waals surface area contributed by atoms with Gasteiger partial charge in [0.25, 0.3) is 5.88 Å². The van der Waals surface area contributed by atoms with Gasteiger partial charge in [-0.05, 0) is 51.2 Å². The number of nitrogens with one attached hydrogen (secondary N) is 1. The molecule has 0 spiro atoms. The summed E-state index contributed by atoms with van der Waals surface area (Å²) in [5.74, 6) is -0.329. The average molecular weight is 486 g/mol. The fraction of sp³-hybridized carbons (Fsp3) is 0.727. The molecule has 1 aromatic heterocycles. The monoisotopic (exact) mass is 485 g/mol. The number of nitrogens with zero attached hydrogens (tertiary/aromatic N) is 2. The zero-order chi connectivity index (χ0) is 23.6. The van der Waals surface area contributed by atoms with E-state index in [1.165, 1.54) is 6.07 Å². The van der Waals surface area contributed by atoms with Gasteiger partial charge in [-0.25, -0.2) is 27.3 Å². The van der Waals surface area contributed by atoms with Gasteiger partial charge in [0.1, 0.15) is 0 Å². The molecule has 4 aliphatic rings. The molecule has 1 aliphatic carbocycles. The highest BCUT2D eigenvalue weighted by molar-refractivity contribution is 7.88. The van der Waals surface area contributed by atoms with Crippen molar-refractivity contribution in [1.82, 2.24) is 14.6 Å². The summed E-state index contributed by atoms with van der Waals surface area (Å²) < 4.78 is 57.8. The van der Waals surface area contributed by atoms with Crippen LogP contribution < -0.4 is 9.46 Å². The number of amides is 1. The van der Waals surface area contributed by atoms with Crippen LogP contribution in [0.15, 0.2) is 12.1 Å². The first-order valence-electron chi connectivity index (χ1n) is 11.5. The molecule has 3 unspecified atom stereocenters. The van der Waals surface area contributed by atoms with E-state index >= 15 is 0 Å². The predicted octanol–water partition coefficient (Wildman–Crippen LogP) is 2.56. The maximum atomic E-state index is 14.1. The summed E-state index contributed by atoms with van der Waals surface area (Å²) in [6, 6.07) is 1.98. The molecular weight excluding hydrogens is 453 g/mol. The van der Waals surface area contributed by atoms with Crippen LogP contribution in [0.1, 0.15) is 57.1 Å². The lowest BCUT2D eigenvalue weighted by molar-refractivity contribution is -0.0107. The Balaban J connectivity index is 1.53. The summed E-state index contributed by atoms with van der Waals surface area (Å²) in [5, 5.41) is 0. The van der Waals surface area contributed by atoms with Gasteiger partial charge >= 0.3 is 6.09 Å². The van der Waals surface area contributed by atoms with E-state index in [4.69, 9.17) is 14.2 Å². The fourth-order valence-electron chi connectivity index (χ4n) is 5.06. The summed E-state index contributed by atoms with van der Waals surface area (Å²) in [4.78, 5) is 18.9. The molecule has 1 N–H and O–H groups in total. The Bertz CT molecular complexity index is 953. The Morgan fingerprint density at radius 3 is 2.61 bits per heavy atom. The smallest absolute Gasteiger partial charge is 0.410 e. The van der Waals surface area contributed by atoms with Gasteiger partial charge in [-0.2, -0.15) is 0 Å². The molecule has 4 bridgehead atoms. The largest absolute Gasteiger partial charge is 0.475 e. The molecule has 0 radical (unpaired) electrons. The maximum absolute atomic E-state index is 14.1. The first kappa shape index (κ1) is 24.2. The van der Waals surface area contributed by atoms with Crippen molar-refractivity contribution in [2.45, 2.75) is 75.6 Å². The minimum atomic E-state index is -3.45. The third-order valence-corrected chi connectivity index (χ3v) is 7.38. The van der Waals surface area contributed by atoms with E-state index in [2.05, 4.69) is 9.71 Å². The fourth-order valence-corrected chi connectivity index (χ4v) is 5.86. The molecule has 1 saturated heterocycles. The van der Waals surface area contributed by atoms with E-state index in [0.717, 1.165) is 37.6 Å². The molecule has 4 heterocycles. The van der Waals surface area contributed by atoms with E-state index in [1.807, 2.05) is 6.92 Å². The van der Waals surface area contributed by atoms with Gasteiger partial charge in [-0.15, -0.1) is 0 Å². The number of rotatable bonds is 2. The highest BCUT2D eigenvalue weighted by Gasteiger charge is 2.44. The Kier molecular flexibility index (Phi) is 7.40. The Morgan fingerprint density at radius 1 is 1.15 bits per heavy atom. The van der Waals surface area contributed by atoms with Crippen LogP contribution in [0.5, 0.6) is 5.88 Å². The van der Waals surface area contributed by atoms with Crippen molar-refractivity contribution in [3.8, 4) is 5.88 Å². The number of hydrogen-bond acceptors (Lipinski definition) is 7. The second-order valence-corrected chi connectivity index (χ2v) is 11.0. The topological polar surface area (TPSA) is 107 Å². The van der Waals surface area contributed by atoms with Gasteiger partial charge in [0.05, 0.1) is 38.2 Å². The number of fused-ring (bicyclic) bond motifs is 8. The van der Waals surface area contributed by atoms with E-state index in [9.17, 15) is 17.6 Å². The number of carbonyl (C=O) groups is 1. The lowest BCUT2D eigenvalue weighted by Crippen LogP contribution is -2.50. The molecule has 5 rings (SSSR count). The van der Waals surface area contributed by atoms with Crippen molar-refractivity contribution in [3.63, 3.8) is 0 Å². The predicted molar refractivity (Wildman–Crippen MR) is 118 cm³/mol. The zero-order valence-electron chi connectivity index (χ0n) is 19.0. The summed E-state index contributed by atoms with van der Waals surface area (Å²) in [5.41, 5.74) is 0.814. The number of carbonyl (C=O) groups excluding carboxylic acids is 1. The van der Waals surface area contributed by atoms with Crippen molar-refractivity contribution < 1.29 is 31.8 Å². The minimum absolute atomic E-state index is 0.000706. The third kappa shape index (κ3) is 5.93. The quantitative estimate of drug-likeness (QED) is 0.686. The number of halogens is 1. The van der Waals surface area contributed by atoms with Crippen molar-refractivity contribution >= 4 is 16.1 Å². The van der Waals surface area contributed by atoms with Gasteiger partial charge in [0, 0.05) is 30.1 Å². The standard InChI is InChI=1S/C22H32FN3O6S/c1-14-12-19(25-33(2,28)29)20-13-32-16-6-4-15(5-7-16)18-9-8-17(23)21(24-18)30-10-3-11-31-22(27)26(14)20/h8-9,14-16,19-20,25H,3-7,10-13H2,1-2H3. The van der Waals surface area contributed by atoms with E-state index in [-0.39, 0.29) is 43.8 Å². The zero-order valence-corrected chi connectivity index (χ0v) is 19.9. The molecule has 1 saturated carbocycles. The van der Waals surface area contributed by atoms with Crippen molar-refractivity contribution in [2.75, 3.05) is 26.1 Å². The second kappa shape index (κ2) is 10.1. The summed E-state index contributed by atoms with van der Waals surface area (Å²) in [6.45, 7) is 2.35. The van der Waals surface area contributed by atoms with Gasteiger partial charge in [-0.1, -0.05) is 0 Å². The van der Waals surface area contributed by atoms with Crippen LogP contribution in [0, 0.1) is 5.82 Å². The van der Waals surface area contributed by atoms with Crippen LogP contribution in [0.25, 0.3) is 0 Å². The van der Waals surface area contributed by atoms with Crippen molar-refractivity contribution in [1.29, 1.82) is 0 Å². The Labute approximate surface area is 194 Å². The third-order valence-electron chi connectivity index (χ3n) is 6.65. The Hall–Kier alpha value is -1.98. The molecule has 1 amide bonds. The van der Waals surface area contributed by atoms with Crippen LogP contribution in [0.3, 0.4) is 0 Å². The van der Waals surface area contributed by atoms with E-state index in [0.29, 0.717) is 12.8 Å². The second-order valence-electron chi connectivity index (χ2n) is 9.20. The molecule has 184 valence electrons. The van der Waals surface area contributed by atoms with E-state index < -0.39 is 34.0 Å². The van der Waals surface area contributed by atoms with Gasteiger partial charge in [-0.3, -0.25) is 4.90 Å². The molecule has 33 heavy (non-hydrogen) atoms. The van der Waals surface area contributed by atoms with Crippen LogP contribution in [0.4, 0.5) is 9.18 Å². The first-order valence-corrected chi connectivity index (χ1v) is 13.4. The molecule has 9 nitrogen and oxygen atoms in total. The summed E-state index contributed by atoms with van der Waals surface area (Å²) >= 11 is 0. The lowest BCUT2D eigenvalue weighted by atomic mass is 9.85. The van der Waals surface area contributed by atoms with E-state index in [1.54, 1.807) is 11.0 Å². The van der Waals surface area contributed by atoms with Gasteiger partial charge in [0.15, 0.2) is 5.82 Å². The van der Waals surface area contributed by atoms with Gasteiger partial charge in [0.2, 0.25) is 10.0 Å². The minimum Gasteiger partial charge on any atom is -0.475 e. The number of aromatic nitrogens is 1. The van der Waals surface area contributed by atoms with Crippen LogP contribution in [-0.4, -0.2) is 74.7 Å². The SMILES string of the molecule is CC1CC(NS(C)(=O)=O)C2COC3CCC(CC3)c3ccc(F)c(n3)OCCCOC(=O)N12. The number of pyridine rings is 1. The molecule has 1 aromatic rings. The number of ether oxygens (including phenoxy) is 3.